The van der Waals surface area contributed by atoms with Crippen LogP contribution in [0.4, 0.5) is 5.69 Å². The fourth-order valence-electron chi connectivity index (χ4n) is 2.81. The van der Waals surface area contributed by atoms with Crippen molar-refractivity contribution in [1.82, 2.24) is 16.2 Å². The Morgan fingerprint density at radius 1 is 1.18 bits per heavy atom. The van der Waals surface area contributed by atoms with Gasteiger partial charge in [-0.25, -0.2) is 10.9 Å². The van der Waals surface area contributed by atoms with E-state index in [1.165, 1.54) is 11.8 Å². The van der Waals surface area contributed by atoms with Crippen LogP contribution in [0.2, 0.25) is 0 Å². The van der Waals surface area contributed by atoms with Crippen LogP contribution in [0.25, 0.3) is 0 Å². The molecule has 148 valence electrons. The topological polar surface area (TPSA) is 91.5 Å². The van der Waals surface area contributed by atoms with E-state index in [2.05, 4.69) is 21.5 Å². The number of carbonyl (C=O) groups excluding carboxylic acids is 2. The number of hydrogen-bond donors (Lipinski definition) is 4. The fraction of sp³-hybridized carbons (Fsp3) is 0.300. The number of thioether (sulfide) groups is 1. The smallest absolute Gasteiger partial charge is 0.240 e. The van der Waals surface area contributed by atoms with Crippen molar-refractivity contribution in [2.24, 2.45) is 0 Å². The largest absolute Gasteiger partial charge is 0.497 e. The zero-order chi connectivity index (χ0) is 19.9. The zero-order valence-corrected chi connectivity index (χ0v) is 16.6. The van der Waals surface area contributed by atoms with E-state index in [9.17, 15) is 9.59 Å². The molecule has 8 heteroatoms. The first-order chi connectivity index (χ1) is 13.5. The molecule has 2 aromatic carbocycles. The van der Waals surface area contributed by atoms with Crippen molar-refractivity contribution in [3.8, 4) is 5.75 Å². The molecule has 0 radical (unpaired) electrons. The molecule has 2 unspecified atom stereocenters. The number of anilines is 1. The van der Waals surface area contributed by atoms with Crippen molar-refractivity contribution in [2.45, 2.75) is 24.9 Å². The number of ether oxygens (including phenoxy) is 1. The molecule has 7 nitrogen and oxygen atoms in total. The maximum atomic E-state index is 12.4. The minimum atomic E-state index is -0.383. The number of aryl methyl sites for hydroxylation is 1. The fourth-order valence-corrected chi connectivity index (χ4v) is 3.55. The molecular formula is C20H24N4O3S. The summed E-state index contributed by atoms with van der Waals surface area (Å²) in [6.45, 7) is 1.97. The standard InChI is InChI=1S/C20H24N4O3S/c1-13-4-3-5-15(10-13)21-18(25)12-28-20-22-19(26)17(23-24-20)11-14-6-8-16(27-2)9-7-14/h3-10,17,20,23-24H,11-12H2,1-2H3,(H,21,25)(H,22,26). The minimum absolute atomic E-state index is 0.105. The van der Waals surface area contributed by atoms with E-state index in [0.29, 0.717) is 6.42 Å². The molecule has 0 saturated carbocycles. The van der Waals surface area contributed by atoms with E-state index in [1.54, 1.807) is 7.11 Å². The van der Waals surface area contributed by atoms with Crippen LogP contribution in [-0.4, -0.2) is 36.2 Å². The van der Waals surface area contributed by atoms with Crippen molar-refractivity contribution >= 4 is 29.3 Å². The van der Waals surface area contributed by atoms with E-state index in [0.717, 1.165) is 22.6 Å². The van der Waals surface area contributed by atoms with Crippen LogP contribution in [0.15, 0.2) is 48.5 Å². The molecule has 1 saturated heterocycles. The zero-order valence-electron chi connectivity index (χ0n) is 15.8. The summed E-state index contributed by atoms with van der Waals surface area (Å²) in [6.07, 6.45) is 0.550. The molecule has 0 aliphatic carbocycles. The van der Waals surface area contributed by atoms with Gasteiger partial charge in [-0.3, -0.25) is 9.59 Å². The predicted molar refractivity (Wildman–Crippen MR) is 111 cm³/mol. The molecule has 1 aliphatic heterocycles. The highest BCUT2D eigenvalue weighted by molar-refractivity contribution is 8.00. The first-order valence-electron chi connectivity index (χ1n) is 8.96. The predicted octanol–water partition coefficient (Wildman–Crippen LogP) is 1.79. The summed E-state index contributed by atoms with van der Waals surface area (Å²) in [6, 6.07) is 14.9. The first-order valence-corrected chi connectivity index (χ1v) is 10.0. The van der Waals surface area contributed by atoms with E-state index in [-0.39, 0.29) is 29.1 Å². The Morgan fingerprint density at radius 3 is 2.64 bits per heavy atom. The van der Waals surface area contributed by atoms with Gasteiger partial charge in [0.05, 0.1) is 12.9 Å². The van der Waals surface area contributed by atoms with Crippen molar-refractivity contribution in [3.05, 3.63) is 59.7 Å². The molecule has 0 bridgehead atoms. The lowest BCUT2D eigenvalue weighted by molar-refractivity contribution is -0.125. The van der Waals surface area contributed by atoms with Gasteiger partial charge in [0, 0.05) is 5.69 Å². The van der Waals surface area contributed by atoms with Crippen LogP contribution in [0.1, 0.15) is 11.1 Å². The number of carbonyl (C=O) groups is 2. The van der Waals surface area contributed by atoms with E-state index < -0.39 is 0 Å². The van der Waals surface area contributed by atoms with Gasteiger partial charge < -0.3 is 15.4 Å². The summed E-state index contributed by atoms with van der Waals surface area (Å²) in [7, 11) is 1.62. The third-order valence-corrected chi connectivity index (χ3v) is 5.26. The SMILES string of the molecule is COc1ccc(CC2NNC(SCC(=O)Nc3cccc(C)c3)NC2=O)cc1. The van der Waals surface area contributed by atoms with E-state index >= 15 is 0 Å². The Morgan fingerprint density at radius 2 is 1.96 bits per heavy atom. The second-order valence-corrected chi connectivity index (χ2v) is 7.60. The lowest BCUT2D eigenvalue weighted by atomic mass is 10.1. The lowest BCUT2D eigenvalue weighted by Gasteiger charge is -2.31. The number of methoxy groups -OCH3 is 1. The second kappa shape index (κ2) is 9.59. The summed E-state index contributed by atoms with van der Waals surface area (Å²) in [5.41, 5.74) is 8.58. The van der Waals surface area contributed by atoms with Gasteiger partial charge >= 0.3 is 0 Å². The molecule has 2 atom stereocenters. The maximum Gasteiger partial charge on any atom is 0.240 e. The average Bonchev–Trinajstić information content (AvgIpc) is 2.69. The van der Waals surface area contributed by atoms with Gasteiger partial charge in [-0.15, -0.1) is 11.8 Å². The number of nitrogens with one attached hydrogen (secondary N) is 4. The van der Waals surface area contributed by atoms with Crippen LogP contribution < -0.4 is 26.2 Å². The minimum Gasteiger partial charge on any atom is -0.497 e. The van der Waals surface area contributed by atoms with Gasteiger partial charge in [-0.1, -0.05) is 24.3 Å². The van der Waals surface area contributed by atoms with E-state index in [4.69, 9.17) is 4.74 Å². The quantitative estimate of drug-likeness (QED) is 0.567. The third kappa shape index (κ3) is 5.72. The highest BCUT2D eigenvalue weighted by Crippen LogP contribution is 2.15. The number of rotatable bonds is 7. The third-order valence-electron chi connectivity index (χ3n) is 4.26. The molecule has 2 aromatic rings. The van der Waals surface area contributed by atoms with E-state index in [1.807, 2.05) is 55.5 Å². The molecule has 1 aliphatic rings. The second-order valence-electron chi connectivity index (χ2n) is 6.51. The Bertz CT molecular complexity index is 828. The maximum absolute atomic E-state index is 12.4. The summed E-state index contributed by atoms with van der Waals surface area (Å²) >= 11 is 1.31. The van der Waals surface area contributed by atoms with Gasteiger partial charge in [0.25, 0.3) is 0 Å². The molecule has 1 fully saturated rings. The Kier molecular flexibility index (Phi) is 6.91. The summed E-state index contributed by atoms with van der Waals surface area (Å²) in [5.74, 6) is 0.776. The van der Waals surface area contributed by atoms with Gasteiger partial charge in [0.15, 0.2) is 0 Å². The highest BCUT2D eigenvalue weighted by Gasteiger charge is 2.27. The molecule has 28 heavy (non-hydrogen) atoms. The number of amides is 2. The van der Waals surface area contributed by atoms with Crippen LogP contribution in [-0.2, 0) is 16.0 Å². The molecule has 3 rings (SSSR count). The molecule has 4 N–H and O–H groups in total. The van der Waals surface area contributed by atoms with Gasteiger partial charge in [-0.2, -0.15) is 0 Å². The Hall–Kier alpha value is -2.55. The Labute approximate surface area is 168 Å². The number of benzene rings is 2. The molecule has 1 heterocycles. The van der Waals surface area contributed by atoms with Crippen molar-refractivity contribution in [2.75, 3.05) is 18.2 Å². The van der Waals surface area contributed by atoms with Gasteiger partial charge in [0.2, 0.25) is 11.8 Å². The normalized spacial score (nSPS) is 19.0. The van der Waals surface area contributed by atoms with Crippen LogP contribution in [0.5, 0.6) is 5.75 Å². The Balaban J connectivity index is 1.43. The first kappa shape index (κ1) is 20.2. The van der Waals surface area contributed by atoms with Crippen molar-refractivity contribution < 1.29 is 14.3 Å². The molecular weight excluding hydrogens is 376 g/mol. The highest BCUT2D eigenvalue weighted by atomic mass is 32.2. The van der Waals surface area contributed by atoms with Crippen molar-refractivity contribution in [3.63, 3.8) is 0 Å². The number of hydrogen-bond acceptors (Lipinski definition) is 6. The molecule has 2 amide bonds. The van der Waals surface area contributed by atoms with Gasteiger partial charge in [-0.05, 0) is 48.7 Å². The molecule has 0 spiro atoms. The summed E-state index contributed by atoms with van der Waals surface area (Å²) in [5, 5.41) is 5.74. The van der Waals surface area contributed by atoms with Crippen LogP contribution in [0.3, 0.4) is 0 Å². The van der Waals surface area contributed by atoms with Crippen LogP contribution >= 0.6 is 11.8 Å². The summed E-state index contributed by atoms with van der Waals surface area (Å²) < 4.78 is 5.14. The van der Waals surface area contributed by atoms with Crippen LogP contribution in [0, 0.1) is 6.92 Å². The van der Waals surface area contributed by atoms with Gasteiger partial charge in [0.1, 0.15) is 17.3 Å². The lowest BCUT2D eigenvalue weighted by Crippen LogP contribution is -2.64. The number of hydrazine groups is 1. The monoisotopic (exact) mass is 400 g/mol. The summed E-state index contributed by atoms with van der Waals surface area (Å²) in [4.78, 5) is 24.5. The average molecular weight is 401 g/mol. The molecule has 0 aromatic heterocycles. The van der Waals surface area contributed by atoms with Crippen molar-refractivity contribution in [1.29, 1.82) is 0 Å².